The van der Waals surface area contributed by atoms with Gasteiger partial charge in [0.15, 0.2) is 5.96 Å². The molecule has 1 aromatic rings. The predicted octanol–water partition coefficient (Wildman–Crippen LogP) is 2.70. The molecule has 1 aromatic carbocycles. The maximum Gasteiger partial charge on any atom is 0.191 e. The van der Waals surface area contributed by atoms with Crippen molar-refractivity contribution in [1.82, 2.24) is 15.5 Å². The Bertz CT molecular complexity index is 543. The molecule has 0 saturated carbocycles. The van der Waals surface area contributed by atoms with Gasteiger partial charge >= 0.3 is 0 Å². The number of ether oxygens (including phenoxy) is 1. The van der Waals surface area contributed by atoms with Gasteiger partial charge in [-0.2, -0.15) is 11.8 Å². The average Bonchev–Trinajstić information content (AvgIpc) is 3.18. The zero-order valence-electron chi connectivity index (χ0n) is 15.6. The van der Waals surface area contributed by atoms with Crippen LogP contribution in [0.25, 0.3) is 0 Å². The standard InChI is InChI=1S/C19H30N4OS.HI/c1-20-19(22-14-18-3-2-12-25-18)21-13-16-4-6-17(7-5-16)15-23-8-10-24-11-9-23;/h4-7,18H,2-3,8-15H2,1H3,(H2,20,21,22);1H. The van der Waals surface area contributed by atoms with Crippen molar-refractivity contribution >= 4 is 41.7 Å². The first kappa shape index (κ1) is 21.8. The highest BCUT2D eigenvalue weighted by atomic mass is 127. The lowest BCUT2D eigenvalue weighted by atomic mass is 10.1. The summed E-state index contributed by atoms with van der Waals surface area (Å²) in [4.78, 5) is 6.77. The van der Waals surface area contributed by atoms with Crippen LogP contribution in [0.4, 0.5) is 0 Å². The largest absolute Gasteiger partial charge is 0.379 e. The molecule has 1 atom stereocenters. The lowest BCUT2D eigenvalue weighted by molar-refractivity contribution is 0.0342. The highest BCUT2D eigenvalue weighted by Crippen LogP contribution is 2.25. The first-order valence-electron chi connectivity index (χ1n) is 9.27. The molecular weight excluding hydrogens is 459 g/mol. The number of halogens is 1. The SMILES string of the molecule is CN=C(NCc1ccc(CN2CCOCC2)cc1)NCC1CCCS1.I. The molecule has 7 heteroatoms. The molecule has 2 aliphatic rings. The van der Waals surface area contributed by atoms with E-state index in [2.05, 4.69) is 56.6 Å². The molecule has 0 spiro atoms. The third-order valence-corrected chi connectivity index (χ3v) is 6.14. The molecule has 146 valence electrons. The number of nitrogens with zero attached hydrogens (tertiary/aromatic N) is 2. The Morgan fingerprint density at radius 3 is 2.58 bits per heavy atom. The second-order valence-corrected chi connectivity index (χ2v) is 8.05. The van der Waals surface area contributed by atoms with Crippen LogP contribution in [0.3, 0.4) is 0 Å². The maximum absolute atomic E-state index is 5.41. The second kappa shape index (κ2) is 12.0. The van der Waals surface area contributed by atoms with E-state index >= 15 is 0 Å². The highest BCUT2D eigenvalue weighted by Gasteiger charge is 2.15. The van der Waals surface area contributed by atoms with Crippen LogP contribution in [0.1, 0.15) is 24.0 Å². The summed E-state index contributed by atoms with van der Waals surface area (Å²) in [7, 11) is 1.84. The van der Waals surface area contributed by atoms with Crippen LogP contribution in [0.5, 0.6) is 0 Å². The van der Waals surface area contributed by atoms with Gasteiger partial charge in [-0.3, -0.25) is 9.89 Å². The zero-order chi connectivity index (χ0) is 17.3. The number of hydrogen-bond acceptors (Lipinski definition) is 4. The summed E-state index contributed by atoms with van der Waals surface area (Å²) in [6.45, 7) is 6.59. The predicted molar refractivity (Wildman–Crippen MR) is 122 cm³/mol. The smallest absolute Gasteiger partial charge is 0.191 e. The van der Waals surface area contributed by atoms with Crippen LogP contribution in [-0.4, -0.2) is 61.8 Å². The van der Waals surface area contributed by atoms with E-state index in [0.717, 1.165) is 57.1 Å². The van der Waals surface area contributed by atoms with Gasteiger partial charge in [-0.25, -0.2) is 0 Å². The Kier molecular flexibility index (Phi) is 10.1. The van der Waals surface area contributed by atoms with Gasteiger partial charge < -0.3 is 15.4 Å². The van der Waals surface area contributed by atoms with Gasteiger partial charge in [-0.05, 0) is 29.7 Å². The number of benzene rings is 1. The van der Waals surface area contributed by atoms with Crippen molar-refractivity contribution < 1.29 is 4.74 Å². The molecule has 0 radical (unpaired) electrons. The summed E-state index contributed by atoms with van der Waals surface area (Å²) in [6.07, 6.45) is 2.67. The first-order valence-corrected chi connectivity index (χ1v) is 10.3. The molecule has 1 unspecified atom stereocenters. The van der Waals surface area contributed by atoms with Crippen LogP contribution < -0.4 is 10.6 Å². The fourth-order valence-electron chi connectivity index (χ4n) is 3.20. The molecule has 0 bridgehead atoms. The minimum atomic E-state index is 0. The molecule has 2 fully saturated rings. The number of hydrogen-bond donors (Lipinski definition) is 2. The number of thioether (sulfide) groups is 1. The number of guanidine groups is 1. The molecule has 3 rings (SSSR count). The van der Waals surface area contributed by atoms with Gasteiger partial charge in [0, 0.05) is 45.0 Å². The quantitative estimate of drug-likeness (QED) is 0.365. The van der Waals surface area contributed by atoms with Crippen molar-refractivity contribution in [3.63, 3.8) is 0 Å². The average molecular weight is 490 g/mol. The van der Waals surface area contributed by atoms with E-state index in [9.17, 15) is 0 Å². The maximum atomic E-state index is 5.41. The van der Waals surface area contributed by atoms with E-state index in [4.69, 9.17) is 4.74 Å². The van der Waals surface area contributed by atoms with Crippen molar-refractivity contribution in [3.8, 4) is 0 Å². The van der Waals surface area contributed by atoms with Crippen LogP contribution in [0, 0.1) is 0 Å². The molecule has 0 amide bonds. The number of nitrogens with one attached hydrogen (secondary N) is 2. The summed E-state index contributed by atoms with van der Waals surface area (Å²) in [5, 5.41) is 7.59. The Hall–Kier alpha value is -0.510. The number of aliphatic imine (C=N–C) groups is 1. The summed E-state index contributed by atoms with van der Waals surface area (Å²) >= 11 is 2.07. The van der Waals surface area contributed by atoms with Crippen molar-refractivity contribution in [1.29, 1.82) is 0 Å². The second-order valence-electron chi connectivity index (χ2n) is 6.65. The molecular formula is C19H31IN4OS. The molecule has 0 aliphatic carbocycles. The molecule has 2 N–H and O–H groups in total. The van der Waals surface area contributed by atoms with E-state index in [1.54, 1.807) is 0 Å². The molecule has 0 aromatic heterocycles. The van der Waals surface area contributed by atoms with Gasteiger partial charge in [0.2, 0.25) is 0 Å². The Labute approximate surface area is 178 Å². The monoisotopic (exact) mass is 490 g/mol. The minimum absolute atomic E-state index is 0. The van der Waals surface area contributed by atoms with E-state index in [0.29, 0.717) is 0 Å². The van der Waals surface area contributed by atoms with E-state index in [-0.39, 0.29) is 24.0 Å². The molecule has 2 aliphatic heterocycles. The first-order chi connectivity index (χ1) is 12.3. The summed E-state index contributed by atoms with van der Waals surface area (Å²) in [5.41, 5.74) is 2.65. The van der Waals surface area contributed by atoms with Gasteiger partial charge in [-0.1, -0.05) is 24.3 Å². The van der Waals surface area contributed by atoms with Gasteiger partial charge in [0.25, 0.3) is 0 Å². The highest BCUT2D eigenvalue weighted by molar-refractivity contribution is 14.0. The third kappa shape index (κ3) is 7.25. The summed E-state index contributed by atoms with van der Waals surface area (Å²) in [5.74, 6) is 2.19. The Balaban J connectivity index is 0.00000243. The molecule has 26 heavy (non-hydrogen) atoms. The molecule has 5 nitrogen and oxygen atoms in total. The van der Waals surface area contributed by atoms with Crippen LogP contribution in [0.15, 0.2) is 29.3 Å². The van der Waals surface area contributed by atoms with Crippen molar-refractivity contribution in [3.05, 3.63) is 35.4 Å². The van der Waals surface area contributed by atoms with Crippen molar-refractivity contribution in [2.75, 3.05) is 45.6 Å². The lowest BCUT2D eigenvalue weighted by Crippen LogP contribution is -2.39. The Morgan fingerprint density at radius 2 is 1.92 bits per heavy atom. The van der Waals surface area contributed by atoms with E-state index in [1.165, 1.54) is 29.7 Å². The van der Waals surface area contributed by atoms with Gasteiger partial charge in [0.05, 0.1) is 13.2 Å². The normalized spacial score (nSPS) is 21.3. The molecule has 2 saturated heterocycles. The fourth-order valence-corrected chi connectivity index (χ4v) is 4.40. The topological polar surface area (TPSA) is 48.9 Å². The number of rotatable bonds is 6. The third-order valence-electron chi connectivity index (χ3n) is 4.74. The van der Waals surface area contributed by atoms with E-state index in [1.807, 2.05) is 7.05 Å². The van der Waals surface area contributed by atoms with Crippen molar-refractivity contribution in [2.24, 2.45) is 4.99 Å². The zero-order valence-corrected chi connectivity index (χ0v) is 18.7. The van der Waals surface area contributed by atoms with Gasteiger partial charge in [0.1, 0.15) is 0 Å². The molecule has 2 heterocycles. The fraction of sp³-hybridized carbons (Fsp3) is 0.632. The Morgan fingerprint density at radius 1 is 1.19 bits per heavy atom. The van der Waals surface area contributed by atoms with E-state index < -0.39 is 0 Å². The minimum Gasteiger partial charge on any atom is -0.379 e. The lowest BCUT2D eigenvalue weighted by Gasteiger charge is -2.26. The van der Waals surface area contributed by atoms with Crippen molar-refractivity contribution in [2.45, 2.75) is 31.2 Å². The van der Waals surface area contributed by atoms with Crippen LogP contribution >= 0.6 is 35.7 Å². The number of morpholine rings is 1. The van der Waals surface area contributed by atoms with Crippen LogP contribution in [0.2, 0.25) is 0 Å². The van der Waals surface area contributed by atoms with Gasteiger partial charge in [-0.15, -0.1) is 24.0 Å². The summed E-state index contributed by atoms with van der Waals surface area (Å²) in [6, 6.07) is 8.89. The summed E-state index contributed by atoms with van der Waals surface area (Å²) < 4.78 is 5.41. The van der Waals surface area contributed by atoms with Crippen LogP contribution in [-0.2, 0) is 17.8 Å².